The van der Waals surface area contributed by atoms with Crippen LogP contribution in [0.25, 0.3) is 0 Å². The second kappa shape index (κ2) is 20.1. The monoisotopic (exact) mass is 808 g/mol. The molecule has 0 saturated carbocycles. The van der Waals surface area contributed by atoms with E-state index in [0.29, 0.717) is 11.1 Å². The molecule has 2 heterocycles. The average Bonchev–Trinajstić information content (AvgIpc) is 3.26. The van der Waals surface area contributed by atoms with Crippen LogP contribution < -0.4 is 11.1 Å². The maximum Gasteiger partial charge on any atom is 0.361 e. The molecule has 0 aliphatic rings. The van der Waals surface area contributed by atoms with Crippen molar-refractivity contribution in [2.24, 2.45) is 0 Å². The Labute approximate surface area is 344 Å². The van der Waals surface area contributed by atoms with Gasteiger partial charge in [-0.25, -0.2) is 19.6 Å². The minimum atomic E-state index is -1.50. The number of aromatic carboxylic acids is 1. The van der Waals surface area contributed by atoms with Crippen molar-refractivity contribution in [3.63, 3.8) is 0 Å². The third kappa shape index (κ3) is 11.0. The molecular weight excluding hydrogens is 769 g/mol. The van der Waals surface area contributed by atoms with Crippen LogP contribution in [0.4, 0.5) is 0 Å². The first-order valence-electron chi connectivity index (χ1n) is 18.5. The lowest BCUT2D eigenvalue weighted by Gasteiger charge is -2.16. The largest absolute Gasteiger partial charge is 0.501 e. The van der Waals surface area contributed by atoms with Crippen LogP contribution >= 0.6 is 0 Å². The molecule has 0 fully saturated rings. The number of benzene rings is 4. The summed E-state index contributed by atoms with van der Waals surface area (Å²) in [7, 11) is 0. The highest BCUT2D eigenvalue weighted by atomic mass is 16.5. The Morgan fingerprint density at radius 1 is 0.600 bits per heavy atom. The summed E-state index contributed by atoms with van der Waals surface area (Å²) < 4.78 is 6.95. The maximum atomic E-state index is 12.5. The summed E-state index contributed by atoms with van der Waals surface area (Å²) in [5, 5.41) is 49.9. The molecule has 2 unspecified atom stereocenters. The molecule has 60 heavy (non-hydrogen) atoms. The van der Waals surface area contributed by atoms with Gasteiger partial charge in [-0.05, 0) is 80.4 Å². The Hall–Kier alpha value is -7.78. The van der Waals surface area contributed by atoms with Crippen molar-refractivity contribution in [3.8, 4) is 35.2 Å². The van der Waals surface area contributed by atoms with Crippen molar-refractivity contribution >= 4 is 11.9 Å². The number of aryl methyl sites for hydroxylation is 2. The van der Waals surface area contributed by atoms with Gasteiger partial charge in [0.05, 0.1) is 31.9 Å². The van der Waals surface area contributed by atoms with E-state index >= 15 is 0 Å². The molecule has 0 aliphatic heterocycles. The van der Waals surface area contributed by atoms with Gasteiger partial charge in [0.1, 0.15) is 11.6 Å². The van der Waals surface area contributed by atoms with Crippen molar-refractivity contribution in [1.29, 1.82) is 0 Å². The van der Waals surface area contributed by atoms with Gasteiger partial charge < -0.3 is 30.3 Å². The summed E-state index contributed by atoms with van der Waals surface area (Å²) in [5.41, 5.74) is 1.59. The summed E-state index contributed by atoms with van der Waals surface area (Å²) in [6, 6.07) is 33.0. The number of carboxylic acid groups (broad SMARTS) is 1. The molecule has 0 spiro atoms. The molecule has 6 aromatic rings. The molecule has 2 atom stereocenters. The zero-order valence-corrected chi connectivity index (χ0v) is 32.7. The summed E-state index contributed by atoms with van der Waals surface area (Å²) >= 11 is 0. The molecule has 5 N–H and O–H groups in total. The Balaban J connectivity index is 0.000000228. The van der Waals surface area contributed by atoms with Crippen molar-refractivity contribution in [2.45, 2.75) is 46.1 Å². The van der Waals surface area contributed by atoms with Gasteiger partial charge >= 0.3 is 11.9 Å². The number of aliphatic hydroxyl groups is 2. The van der Waals surface area contributed by atoms with E-state index in [1.807, 2.05) is 60.7 Å². The number of carboxylic acids is 1. The number of hydrogen-bond donors (Lipinski definition) is 5. The van der Waals surface area contributed by atoms with Gasteiger partial charge in [0.15, 0.2) is 11.4 Å². The lowest BCUT2D eigenvalue weighted by molar-refractivity contribution is 0.0513. The molecule has 14 heteroatoms. The number of esters is 1. The third-order valence-corrected chi connectivity index (χ3v) is 8.90. The number of carbonyl (C=O) groups is 2. The van der Waals surface area contributed by atoms with Crippen LogP contribution in [0.15, 0.2) is 119 Å². The van der Waals surface area contributed by atoms with Gasteiger partial charge in [-0.3, -0.25) is 18.7 Å². The number of ether oxygens (including phenoxy) is 1. The van der Waals surface area contributed by atoms with Crippen LogP contribution in [-0.2, 0) is 17.8 Å². The highest BCUT2D eigenvalue weighted by Gasteiger charge is 2.23. The molecular formula is C46H40N4O10. The van der Waals surface area contributed by atoms with Gasteiger partial charge in [-0.1, -0.05) is 84.3 Å². The van der Waals surface area contributed by atoms with Gasteiger partial charge in [0, 0.05) is 22.3 Å². The minimum Gasteiger partial charge on any atom is -0.501 e. The number of hydrogen-bond acceptors (Lipinski definition) is 11. The lowest BCUT2D eigenvalue weighted by Crippen LogP contribution is -2.28. The van der Waals surface area contributed by atoms with Crippen LogP contribution in [0.2, 0.25) is 0 Å². The second-order valence-electron chi connectivity index (χ2n) is 13.1. The van der Waals surface area contributed by atoms with Crippen LogP contribution in [0.5, 0.6) is 11.5 Å². The van der Waals surface area contributed by atoms with E-state index < -0.39 is 58.2 Å². The first-order chi connectivity index (χ1) is 28.8. The molecule has 0 radical (unpaired) electrons. The quantitative estimate of drug-likeness (QED) is 0.0997. The molecule has 0 aliphatic carbocycles. The number of carbonyl (C=O) groups excluding carboxylic acids is 1. The van der Waals surface area contributed by atoms with Gasteiger partial charge in [-0.15, -0.1) is 0 Å². The maximum absolute atomic E-state index is 12.5. The topological polar surface area (TPSA) is 214 Å². The SMILES string of the molecule is CCOC(=O)c1nc(C)n(CC(O)c2ccc(C#Cc3ccccc3)cc2)c(=O)c1O.Cc1nc(C(=O)O)c(O)c(=O)n1CC(O)c1ccc(C#Cc2ccccc2)cc1. The normalized spacial score (nSPS) is 11.3. The molecule has 0 bridgehead atoms. The number of nitrogens with zero attached hydrogens (tertiary/aromatic N) is 4. The zero-order valence-electron chi connectivity index (χ0n) is 32.7. The van der Waals surface area contributed by atoms with Gasteiger partial charge in [0.2, 0.25) is 11.5 Å². The Morgan fingerprint density at radius 3 is 1.32 bits per heavy atom. The Kier molecular flexibility index (Phi) is 14.5. The van der Waals surface area contributed by atoms with Crippen molar-refractivity contribution in [2.75, 3.05) is 6.61 Å². The fourth-order valence-corrected chi connectivity index (χ4v) is 5.69. The number of aromatic nitrogens is 4. The van der Waals surface area contributed by atoms with Crippen LogP contribution in [0, 0.1) is 37.5 Å². The third-order valence-electron chi connectivity index (χ3n) is 8.90. The number of aromatic hydroxyl groups is 2. The zero-order chi connectivity index (χ0) is 43.3. The van der Waals surface area contributed by atoms with E-state index in [0.717, 1.165) is 31.4 Å². The molecule has 0 amide bonds. The minimum absolute atomic E-state index is 0.0783. The fraction of sp³-hybridized carbons (Fsp3) is 0.174. The second-order valence-corrected chi connectivity index (χ2v) is 13.1. The average molecular weight is 809 g/mol. The fourth-order valence-electron chi connectivity index (χ4n) is 5.69. The highest BCUT2D eigenvalue weighted by molar-refractivity contribution is 5.90. The van der Waals surface area contributed by atoms with E-state index in [2.05, 4.69) is 33.6 Å². The highest BCUT2D eigenvalue weighted by Crippen LogP contribution is 2.19. The van der Waals surface area contributed by atoms with Crippen molar-refractivity contribution in [1.82, 2.24) is 19.1 Å². The van der Waals surface area contributed by atoms with E-state index in [1.54, 1.807) is 55.5 Å². The van der Waals surface area contributed by atoms with Crippen LogP contribution in [-0.4, -0.2) is 63.2 Å². The summed E-state index contributed by atoms with van der Waals surface area (Å²) in [6.07, 6.45) is -2.08. The molecule has 14 nitrogen and oxygen atoms in total. The smallest absolute Gasteiger partial charge is 0.361 e. The van der Waals surface area contributed by atoms with E-state index in [1.165, 1.54) is 13.8 Å². The van der Waals surface area contributed by atoms with Gasteiger partial charge in [-0.2, -0.15) is 0 Å². The first kappa shape index (κ1) is 43.3. The summed E-state index contributed by atoms with van der Waals surface area (Å²) in [6.45, 7) is 4.33. The van der Waals surface area contributed by atoms with E-state index in [-0.39, 0.29) is 31.3 Å². The van der Waals surface area contributed by atoms with Crippen LogP contribution in [0.1, 0.15) is 85.1 Å². The number of aliphatic hydroxyl groups excluding tert-OH is 2. The molecule has 0 saturated heterocycles. The molecule has 6 rings (SSSR count). The predicted molar refractivity (Wildman–Crippen MR) is 220 cm³/mol. The molecule has 304 valence electrons. The Morgan fingerprint density at radius 2 is 0.950 bits per heavy atom. The summed E-state index contributed by atoms with van der Waals surface area (Å²) in [5.74, 6) is 8.32. The van der Waals surface area contributed by atoms with Crippen LogP contribution in [0.3, 0.4) is 0 Å². The van der Waals surface area contributed by atoms with Crippen molar-refractivity contribution < 1.29 is 39.9 Å². The van der Waals surface area contributed by atoms with E-state index in [9.17, 15) is 39.6 Å². The Bertz CT molecular complexity index is 2730. The van der Waals surface area contributed by atoms with Crippen molar-refractivity contribution in [3.05, 3.63) is 186 Å². The van der Waals surface area contributed by atoms with Gasteiger partial charge in [0.25, 0.3) is 11.1 Å². The molecule has 4 aromatic carbocycles. The summed E-state index contributed by atoms with van der Waals surface area (Å²) in [4.78, 5) is 55.3. The standard InChI is InChI=1S/C24H22N2O5.C22H18N2O5/c1-3-31-24(30)21-22(28)23(29)26(16(2)25-21)15-20(27)19-13-11-18(12-14-19)10-9-17-7-5-4-6-8-17;1-14-23-19(22(28)29)20(26)21(27)24(14)13-18(25)17-11-9-16(10-12-17)8-7-15-5-3-2-4-6-15/h4-8,11-14,20,27-28H,3,15H2,1-2H3;2-6,9-12,18,25-26H,13H2,1H3,(H,28,29). The molecule has 2 aromatic heterocycles. The van der Waals surface area contributed by atoms with E-state index in [4.69, 9.17) is 9.84 Å². The lowest BCUT2D eigenvalue weighted by atomic mass is 10.1. The number of rotatable bonds is 9. The predicted octanol–water partition coefficient (Wildman–Crippen LogP) is 4.66. The first-order valence-corrected chi connectivity index (χ1v) is 18.5.